The maximum absolute atomic E-state index is 11.6. The molecule has 6 rings (SSSR count). The fraction of sp³-hybridized carbons (Fsp3) is 0.182. The quantitative estimate of drug-likeness (QED) is 0.197. The first-order valence-electron chi connectivity index (χ1n) is 13.3. The first-order valence-corrected chi connectivity index (χ1v) is 13.3. The Hall–Kier alpha value is -4.91. The Bertz CT molecular complexity index is 1620. The Labute approximate surface area is 232 Å². The summed E-state index contributed by atoms with van der Waals surface area (Å²) in [5, 5.41) is 17.1. The second-order valence-electron chi connectivity index (χ2n) is 10.1. The zero-order valence-corrected chi connectivity index (χ0v) is 22.1. The van der Waals surface area contributed by atoms with Crippen molar-refractivity contribution in [3.8, 4) is 28.3 Å². The van der Waals surface area contributed by atoms with E-state index in [9.17, 15) is 9.90 Å². The molecule has 0 aliphatic heterocycles. The fourth-order valence-corrected chi connectivity index (χ4v) is 4.87. The summed E-state index contributed by atoms with van der Waals surface area (Å²) in [4.78, 5) is 16.2. The van der Waals surface area contributed by atoms with Crippen molar-refractivity contribution in [1.82, 2.24) is 10.1 Å². The molecule has 0 saturated heterocycles. The summed E-state index contributed by atoms with van der Waals surface area (Å²) in [7, 11) is 0. The number of pyridine rings is 1. The molecule has 2 aromatic heterocycles. The normalized spacial score (nSPS) is 13.5. The number of hydrogen-bond acceptors (Lipinski definition) is 6. The Kier molecular flexibility index (Phi) is 6.78. The second-order valence-corrected chi connectivity index (χ2v) is 10.1. The molecular weight excluding hydrogens is 502 g/mol. The van der Waals surface area contributed by atoms with Gasteiger partial charge in [-0.1, -0.05) is 90.1 Å². The van der Waals surface area contributed by atoms with Gasteiger partial charge in [0.05, 0.1) is 12.0 Å². The van der Waals surface area contributed by atoms with Gasteiger partial charge in [0, 0.05) is 18.1 Å². The van der Waals surface area contributed by atoms with Gasteiger partial charge < -0.3 is 19.7 Å². The lowest BCUT2D eigenvalue weighted by molar-refractivity contribution is -0.140. The Morgan fingerprint density at radius 2 is 1.57 bits per heavy atom. The van der Waals surface area contributed by atoms with Crippen molar-refractivity contribution in [3.63, 3.8) is 0 Å². The van der Waals surface area contributed by atoms with Crippen molar-refractivity contribution in [2.45, 2.75) is 31.6 Å². The van der Waals surface area contributed by atoms with Crippen molar-refractivity contribution in [2.24, 2.45) is 0 Å². The molecule has 40 heavy (non-hydrogen) atoms. The molecule has 200 valence electrons. The van der Waals surface area contributed by atoms with Gasteiger partial charge in [-0.05, 0) is 48.1 Å². The highest BCUT2D eigenvalue weighted by atomic mass is 16.5. The minimum Gasteiger partial charge on any atom is -0.481 e. The minimum absolute atomic E-state index is 0.535. The predicted octanol–water partition coefficient (Wildman–Crippen LogP) is 7.19. The van der Waals surface area contributed by atoms with Crippen LogP contribution in [0.15, 0.2) is 102 Å². The molecule has 7 nitrogen and oxygen atoms in total. The van der Waals surface area contributed by atoms with Gasteiger partial charge in [-0.25, -0.2) is 0 Å². The third kappa shape index (κ3) is 5.18. The van der Waals surface area contributed by atoms with Crippen molar-refractivity contribution >= 4 is 17.5 Å². The van der Waals surface area contributed by atoms with E-state index in [1.807, 2.05) is 91.9 Å². The number of carboxylic acid groups (broad SMARTS) is 1. The molecule has 0 atom stereocenters. The van der Waals surface area contributed by atoms with Gasteiger partial charge in [-0.3, -0.25) is 4.79 Å². The smallest absolute Gasteiger partial charge is 0.314 e. The van der Waals surface area contributed by atoms with Gasteiger partial charge in [-0.15, -0.1) is 0 Å². The van der Waals surface area contributed by atoms with Crippen LogP contribution < -0.4 is 10.1 Å². The number of nitrogens with one attached hydrogen (secondary N) is 1. The molecule has 5 aromatic rings. The molecule has 0 spiro atoms. The number of benzene rings is 3. The number of aryl methyl sites for hydroxylation is 1. The number of carboxylic acids is 1. The van der Waals surface area contributed by atoms with Crippen molar-refractivity contribution < 1.29 is 19.2 Å². The molecule has 0 unspecified atom stereocenters. The third-order valence-electron chi connectivity index (χ3n) is 7.40. The second kappa shape index (κ2) is 10.7. The highest BCUT2D eigenvalue weighted by molar-refractivity contribution is 5.85. The standard InChI is InChI=1S/C33H29N3O4/c1-22-30(35-28-8-5-9-29(34-28)39-21-18-23-6-3-2-4-7-23)31(40-36-22)26-12-10-24(11-13-26)25-14-16-27(17-15-25)33(19-20-33)32(37)38/h2-17H,18-21H2,1H3,(H,34,35)(H,37,38). The van der Waals surface area contributed by atoms with Crippen LogP contribution in [0.1, 0.15) is 29.7 Å². The molecule has 1 aliphatic rings. The van der Waals surface area contributed by atoms with Crippen LogP contribution in [-0.2, 0) is 16.6 Å². The highest BCUT2D eigenvalue weighted by Gasteiger charge is 2.51. The lowest BCUT2D eigenvalue weighted by atomic mass is 9.93. The first kappa shape index (κ1) is 25.4. The molecule has 2 N–H and O–H groups in total. The molecule has 1 saturated carbocycles. The summed E-state index contributed by atoms with van der Waals surface area (Å²) in [5.74, 6) is 1.06. The summed E-state index contributed by atoms with van der Waals surface area (Å²) in [6, 6.07) is 31.7. The van der Waals surface area contributed by atoms with E-state index in [1.165, 1.54) is 5.56 Å². The van der Waals surface area contributed by atoms with E-state index in [2.05, 4.69) is 27.6 Å². The van der Waals surface area contributed by atoms with Crippen LogP contribution in [0.25, 0.3) is 22.5 Å². The van der Waals surface area contributed by atoms with Crippen LogP contribution in [-0.4, -0.2) is 27.8 Å². The molecule has 0 bridgehead atoms. The van der Waals surface area contributed by atoms with Crippen molar-refractivity contribution in [2.75, 3.05) is 11.9 Å². The maximum Gasteiger partial charge on any atom is 0.314 e. The number of rotatable bonds is 10. The third-order valence-corrected chi connectivity index (χ3v) is 7.40. The average Bonchev–Trinajstić information content (AvgIpc) is 3.73. The summed E-state index contributed by atoms with van der Waals surface area (Å²) in [6.45, 7) is 2.42. The highest BCUT2D eigenvalue weighted by Crippen LogP contribution is 2.48. The molecule has 1 fully saturated rings. The van der Waals surface area contributed by atoms with E-state index >= 15 is 0 Å². The Balaban J connectivity index is 1.15. The van der Waals surface area contributed by atoms with E-state index in [0.717, 1.165) is 40.1 Å². The molecule has 3 aromatic carbocycles. The van der Waals surface area contributed by atoms with Gasteiger partial charge in [-0.2, -0.15) is 4.98 Å². The predicted molar refractivity (Wildman–Crippen MR) is 154 cm³/mol. The zero-order chi connectivity index (χ0) is 27.5. The molecule has 0 amide bonds. The van der Waals surface area contributed by atoms with Crippen LogP contribution in [0, 0.1) is 6.92 Å². The number of ether oxygens (including phenoxy) is 1. The number of aromatic nitrogens is 2. The molecular formula is C33H29N3O4. The number of hydrogen-bond donors (Lipinski definition) is 2. The van der Waals surface area contributed by atoms with Crippen molar-refractivity contribution in [3.05, 3.63) is 114 Å². The van der Waals surface area contributed by atoms with Crippen LogP contribution in [0.5, 0.6) is 5.88 Å². The minimum atomic E-state index is -0.742. The summed E-state index contributed by atoms with van der Waals surface area (Å²) in [5.41, 5.74) is 5.79. The molecule has 2 heterocycles. The largest absolute Gasteiger partial charge is 0.481 e. The zero-order valence-electron chi connectivity index (χ0n) is 22.1. The molecule has 7 heteroatoms. The van der Waals surface area contributed by atoms with Crippen LogP contribution in [0.2, 0.25) is 0 Å². The van der Waals surface area contributed by atoms with Crippen LogP contribution >= 0.6 is 0 Å². The van der Waals surface area contributed by atoms with Gasteiger partial charge in [0.1, 0.15) is 17.2 Å². The lowest BCUT2D eigenvalue weighted by Gasteiger charge is -2.11. The van der Waals surface area contributed by atoms with E-state index in [1.54, 1.807) is 0 Å². The lowest BCUT2D eigenvalue weighted by Crippen LogP contribution is -2.19. The van der Waals surface area contributed by atoms with Gasteiger partial charge in [0.2, 0.25) is 5.88 Å². The number of carbonyl (C=O) groups is 1. The number of aliphatic carboxylic acids is 1. The molecule has 1 aliphatic carbocycles. The van der Waals surface area contributed by atoms with Crippen molar-refractivity contribution in [1.29, 1.82) is 0 Å². The summed E-state index contributed by atoms with van der Waals surface area (Å²) >= 11 is 0. The molecule has 0 radical (unpaired) electrons. The van der Waals surface area contributed by atoms with E-state index in [0.29, 0.717) is 36.9 Å². The number of anilines is 2. The maximum atomic E-state index is 11.6. The Morgan fingerprint density at radius 1 is 0.900 bits per heavy atom. The van der Waals surface area contributed by atoms with E-state index < -0.39 is 11.4 Å². The van der Waals surface area contributed by atoms with Gasteiger partial charge in [0.25, 0.3) is 0 Å². The monoisotopic (exact) mass is 531 g/mol. The fourth-order valence-electron chi connectivity index (χ4n) is 4.87. The van der Waals surface area contributed by atoms with Gasteiger partial charge in [0.15, 0.2) is 5.76 Å². The SMILES string of the molecule is Cc1noc(-c2ccc(-c3ccc(C4(C(=O)O)CC4)cc3)cc2)c1Nc1cccc(OCCc2ccccc2)n1. The summed E-state index contributed by atoms with van der Waals surface area (Å²) in [6.07, 6.45) is 2.20. The van der Waals surface area contributed by atoms with Crippen LogP contribution in [0.4, 0.5) is 11.5 Å². The Morgan fingerprint density at radius 3 is 2.25 bits per heavy atom. The van der Waals surface area contributed by atoms with E-state index in [4.69, 9.17) is 9.26 Å². The summed E-state index contributed by atoms with van der Waals surface area (Å²) < 4.78 is 11.6. The first-order chi connectivity index (χ1) is 19.5. The number of nitrogens with zero attached hydrogens (tertiary/aromatic N) is 2. The van der Waals surface area contributed by atoms with Crippen LogP contribution in [0.3, 0.4) is 0 Å². The average molecular weight is 532 g/mol. The van der Waals surface area contributed by atoms with E-state index in [-0.39, 0.29) is 0 Å². The topological polar surface area (TPSA) is 97.5 Å². The van der Waals surface area contributed by atoms with Gasteiger partial charge >= 0.3 is 5.97 Å².